The number of carbonyl (C=O) groups is 1. The summed E-state index contributed by atoms with van der Waals surface area (Å²) in [5, 5.41) is 0.742. The van der Waals surface area contributed by atoms with Crippen molar-refractivity contribution in [2.75, 3.05) is 26.2 Å². The zero-order valence-corrected chi connectivity index (χ0v) is 18.5. The van der Waals surface area contributed by atoms with Crippen LogP contribution in [0.2, 0.25) is 5.02 Å². The van der Waals surface area contributed by atoms with Crippen LogP contribution in [0.15, 0.2) is 84.9 Å². The molecule has 1 atom stereocenters. The van der Waals surface area contributed by atoms with E-state index < -0.39 is 0 Å². The van der Waals surface area contributed by atoms with Gasteiger partial charge in [0.2, 0.25) is 5.91 Å². The minimum atomic E-state index is 0.0722. The van der Waals surface area contributed by atoms with Crippen LogP contribution in [0, 0.1) is 6.92 Å². The summed E-state index contributed by atoms with van der Waals surface area (Å²) in [6, 6.07) is 27.0. The number of benzene rings is 3. The Hall–Kier alpha value is -2.88. The predicted molar refractivity (Wildman–Crippen MR) is 128 cm³/mol. The molecule has 3 aromatic carbocycles. The van der Waals surface area contributed by atoms with Gasteiger partial charge in [0.25, 0.3) is 0 Å². The molecule has 0 radical (unpaired) electrons. The van der Waals surface area contributed by atoms with Gasteiger partial charge in [-0.15, -0.1) is 0 Å². The van der Waals surface area contributed by atoms with Gasteiger partial charge < -0.3 is 4.90 Å². The molecule has 0 aromatic heterocycles. The number of halogens is 1. The molecule has 158 valence electrons. The maximum Gasteiger partial charge on any atom is 0.246 e. The smallest absolute Gasteiger partial charge is 0.246 e. The van der Waals surface area contributed by atoms with Crippen molar-refractivity contribution in [3.05, 3.63) is 112 Å². The first kappa shape index (κ1) is 21.4. The van der Waals surface area contributed by atoms with E-state index in [1.165, 1.54) is 16.7 Å². The maximum atomic E-state index is 12.7. The van der Waals surface area contributed by atoms with Gasteiger partial charge in [0, 0.05) is 37.3 Å². The Labute approximate surface area is 189 Å². The number of piperazine rings is 1. The molecule has 0 saturated carbocycles. The third-order valence-electron chi connectivity index (χ3n) is 5.79. The van der Waals surface area contributed by atoms with Crippen LogP contribution in [-0.4, -0.2) is 41.9 Å². The van der Waals surface area contributed by atoms with Crippen LogP contribution < -0.4 is 0 Å². The summed E-state index contributed by atoms with van der Waals surface area (Å²) in [6.45, 7) is 5.14. The second-order valence-corrected chi connectivity index (χ2v) is 8.41. The Morgan fingerprint density at radius 2 is 1.45 bits per heavy atom. The average molecular weight is 431 g/mol. The molecule has 1 amide bonds. The molecule has 1 aliphatic rings. The molecule has 0 aliphatic carbocycles. The Bertz CT molecular complexity index is 1020. The molecule has 3 nitrogen and oxygen atoms in total. The van der Waals surface area contributed by atoms with Gasteiger partial charge in [0.1, 0.15) is 0 Å². The molecule has 1 aliphatic heterocycles. The lowest BCUT2D eigenvalue weighted by Gasteiger charge is -2.39. The molecule has 4 rings (SSSR count). The number of aryl methyl sites for hydroxylation is 1. The fourth-order valence-electron chi connectivity index (χ4n) is 4.05. The van der Waals surface area contributed by atoms with E-state index in [0.717, 1.165) is 23.7 Å². The zero-order chi connectivity index (χ0) is 21.6. The summed E-state index contributed by atoms with van der Waals surface area (Å²) < 4.78 is 0. The fraction of sp³-hybridized carbons (Fsp3) is 0.222. The highest BCUT2D eigenvalue weighted by atomic mass is 35.5. The second kappa shape index (κ2) is 9.95. The largest absolute Gasteiger partial charge is 0.337 e. The van der Waals surface area contributed by atoms with Crippen molar-refractivity contribution in [3.8, 4) is 0 Å². The molecule has 1 unspecified atom stereocenters. The first-order chi connectivity index (χ1) is 15.1. The molecule has 3 aromatic rings. The van der Waals surface area contributed by atoms with Gasteiger partial charge in [0.05, 0.1) is 6.04 Å². The summed E-state index contributed by atoms with van der Waals surface area (Å²) in [5.41, 5.74) is 4.73. The summed E-state index contributed by atoms with van der Waals surface area (Å²) in [4.78, 5) is 17.1. The normalized spacial score (nSPS) is 15.9. The highest BCUT2D eigenvalue weighted by Gasteiger charge is 2.27. The van der Waals surface area contributed by atoms with Gasteiger partial charge in [-0.2, -0.15) is 0 Å². The van der Waals surface area contributed by atoms with Crippen LogP contribution in [0.25, 0.3) is 6.08 Å². The molecule has 31 heavy (non-hydrogen) atoms. The monoisotopic (exact) mass is 430 g/mol. The zero-order valence-electron chi connectivity index (χ0n) is 17.7. The van der Waals surface area contributed by atoms with Crippen LogP contribution >= 0.6 is 11.6 Å². The Balaban J connectivity index is 1.44. The van der Waals surface area contributed by atoms with Crippen molar-refractivity contribution in [2.45, 2.75) is 13.0 Å². The van der Waals surface area contributed by atoms with Crippen molar-refractivity contribution < 1.29 is 4.79 Å². The van der Waals surface area contributed by atoms with Gasteiger partial charge in [-0.3, -0.25) is 9.69 Å². The van der Waals surface area contributed by atoms with E-state index in [1.54, 1.807) is 6.08 Å². The van der Waals surface area contributed by atoms with E-state index in [2.05, 4.69) is 60.4 Å². The van der Waals surface area contributed by atoms with E-state index in [-0.39, 0.29) is 11.9 Å². The van der Waals surface area contributed by atoms with E-state index >= 15 is 0 Å². The third kappa shape index (κ3) is 5.43. The van der Waals surface area contributed by atoms with E-state index in [0.29, 0.717) is 13.1 Å². The van der Waals surface area contributed by atoms with Crippen molar-refractivity contribution in [1.82, 2.24) is 9.80 Å². The number of hydrogen-bond acceptors (Lipinski definition) is 2. The van der Waals surface area contributed by atoms with Crippen molar-refractivity contribution in [3.63, 3.8) is 0 Å². The van der Waals surface area contributed by atoms with Crippen molar-refractivity contribution >= 4 is 23.6 Å². The van der Waals surface area contributed by atoms with E-state index in [4.69, 9.17) is 11.6 Å². The predicted octanol–water partition coefficient (Wildman–Crippen LogP) is 5.60. The number of nitrogens with zero attached hydrogens (tertiary/aromatic N) is 2. The lowest BCUT2D eigenvalue weighted by Crippen LogP contribution is -2.49. The molecular weight excluding hydrogens is 404 g/mol. The van der Waals surface area contributed by atoms with Gasteiger partial charge in [-0.25, -0.2) is 0 Å². The number of carbonyl (C=O) groups excluding carboxylic acids is 1. The highest BCUT2D eigenvalue weighted by molar-refractivity contribution is 6.30. The fourth-order valence-corrected chi connectivity index (χ4v) is 4.17. The Kier molecular flexibility index (Phi) is 6.86. The topological polar surface area (TPSA) is 23.6 Å². The Morgan fingerprint density at radius 1 is 0.839 bits per heavy atom. The second-order valence-electron chi connectivity index (χ2n) is 7.97. The van der Waals surface area contributed by atoms with Crippen LogP contribution in [0.4, 0.5) is 0 Å². The van der Waals surface area contributed by atoms with E-state index in [9.17, 15) is 4.79 Å². The quantitative estimate of drug-likeness (QED) is 0.492. The first-order valence-corrected chi connectivity index (χ1v) is 11.1. The SMILES string of the molecule is Cc1ccc(C=CC(=O)N2CCN(C(c3ccccc3)c3ccc(Cl)cc3)CC2)cc1. The minimum Gasteiger partial charge on any atom is -0.337 e. The molecule has 1 fully saturated rings. The lowest BCUT2D eigenvalue weighted by molar-refractivity contribution is -0.127. The Morgan fingerprint density at radius 3 is 2.10 bits per heavy atom. The number of rotatable bonds is 5. The van der Waals surface area contributed by atoms with Crippen LogP contribution in [0.1, 0.15) is 28.3 Å². The summed E-state index contributed by atoms with van der Waals surface area (Å²) in [5.74, 6) is 0.0722. The van der Waals surface area contributed by atoms with Gasteiger partial charge >= 0.3 is 0 Å². The molecule has 1 heterocycles. The van der Waals surface area contributed by atoms with Gasteiger partial charge in [0.15, 0.2) is 0 Å². The summed E-state index contributed by atoms with van der Waals surface area (Å²) >= 11 is 6.12. The van der Waals surface area contributed by atoms with Crippen molar-refractivity contribution in [1.29, 1.82) is 0 Å². The standard InChI is InChI=1S/C27H27ClN2O/c1-21-7-9-22(10-8-21)11-16-26(31)29-17-19-30(20-18-29)27(23-5-3-2-4-6-23)24-12-14-25(28)15-13-24/h2-16,27H,17-20H2,1H3. The number of hydrogen-bond donors (Lipinski definition) is 0. The summed E-state index contributed by atoms with van der Waals surface area (Å²) in [7, 11) is 0. The van der Waals surface area contributed by atoms with E-state index in [1.807, 2.05) is 41.3 Å². The third-order valence-corrected chi connectivity index (χ3v) is 6.04. The maximum absolute atomic E-state index is 12.7. The van der Waals surface area contributed by atoms with Crippen LogP contribution in [0.5, 0.6) is 0 Å². The average Bonchev–Trinajstić information content (AvgIpc) is 2.81. The summed E-state index contributed by atoms with van der Waals surface area (Å²) in [6.07, 6.45) is 3.59. The molecular formula is C27H27ClN2O. The molecule has 4 heteroatoms. The molecule has 0 N–H and O–H groups in total. The lowest BCUT2D eigenvalue weighted by atomic mass is 9.96. The molecule has 0 spiro atoms. The van der Waals surface area contributed by atoms with Gasteiger partial charge in [-0.1, -0.05) is 83.9 Å². The van der Waals surface area contributed by atoms with Crippen LogP contribution in [-0.2, 0) is 4.79 Å². The molecule has 1 saturated heterocycles. The highest BCUT2D eigenvalue weighted by Crippen LogP contribution is 2.30. The minimum absolute atomic E-state index is 0.0722. The van der Waals surface area contributed by atoms with Gasteiger partial charge in [-0.05, 0) is 41.8 Å². The first-order valence-electron chi connectivity index (χ1n) is 10.7. The van der Waals surface area contributed by atoms with Crippen molar-refractivity contribution in [2.24, 2.45) is 0 Å². The molecule has 0 bridgehead atoms. The van der Waals surface area contributed by atoms with Crippen LogP contribution in [0.3, 0.4) is 0 Å². The number of amides is 1.